The highest BCUT2D eigenvalue weighted by molar-refractivity contribution is 8.03. The number of nitrogens with zero attached hydrogens (tertiary/aromatic N) is 3. The number of hydrogen-bond donors (Lipinski definition) is 0. The first-order valence-corrected chi connectivity index (χ1v) is 9.24. The summed E-state index contributed by atoms with van der Waals surface area (Å²) in [6.45, 7) is 0. The lowest BCUT2D eigenvalue weighted by molar-refractivity contribution is 0.597. The predicted molar refractivity (Wildman–Crippen MR) is 75.3 cm³/mol. The normalized spacial score (nSPS) is 18.2. The predicted octanol–water partition coefficient (Wildman–Crippen LogP) is 1.10. The fourth-order valence-corrected chi connectivity index (χ4v) is 6.15. The standard InChI is InChI=1S/C11H17N3O3S2/c1-14(2)11-6-5-10(9-12-11)19(16,17)13-18(15)7-3-4-8-18/h5-6,9H,3-4,7-8H2,1-2H3. The molecular formula is C11H17N3O3S2. The van der Waals surface area contributed by atoms with Crippen LogP contribution >= 0.6 is 0 Å². The van der Waals surface area contributed by atoms with Crippen LogP contribution in [0.1, 0.15) is 12.8 Å². The zero-order valence-corrected chi connectivity index (χ0v) is 12.6. The van der Waals surface area contributed by atoms with Crippen LogP contribution in [0, 0.1) is 0 Å². The van der Waals surface area contributed by atoms with Gasteiger partial charge >= 0.3 is 0 Å². The van der Waals surface area contributed by atoms with Gasteiger partial charge in [0.25, 0.3) is 10.0 Å². The van der Waals surface area contributed by atoms with E-state index >= 15 is 0 Å². The largest absolute Gasteiger partial charge is 0.363 e. The van der Waals surface area contributed by atoms with Crippen LogP contribution in [-0.4, -0.2) is 43.2 Å². The van der Waals surface area contributed by atoms with Gasteiger partial charge in [0, 0.05) is 31.8 Å². The molecule has 2 rings (SSSR count). The van der Waals surface area contributed by atoms with Crippen LogP contribution in [0.25, 0.3) is 0 Å². The summed E-state index contributed by atoms with van der Waals surface area (Å²) in [7, 11) is -2.83. The monoisotopic (exact) mass is 303 g/mol. The number of aromatic nitrogens is 1. The maximum Gasteiger partial charge on any atom is 0.291 e. The molecule has 1 aromatic rings. The van der Waals surface area contributed by atoms with E-state index in [4.69, 9.17) is 0 Å². The van der Waals surface area contributed by atoms with Gasteiger partial charge in [-0.05, 0) is 25.0 Å². The zero-order chi connectivity index (χ0) is 14.1. The Morgan fingerprint density at radius 3 is 2.37 bits per heavy atom. The Kier molecular flexibility index (Phi) is 3.82. The van der Waals surface area contributed by atoms with Crippen molar-refractivity contribution in [2.75, 3.05) is 30.5 Å². The molecule has 0 saturated carbocycles. The molecule has 19 heavy (non-hydrogen) atoms. The highest BCUT2D eigenvalue weighted by Gasteiger charge is 2.22. The number of hydrogen-bond acceptors (Lipinski definition) is 5. The molecule has 1 aliphatic rings. The fraction of sp³-hybridized carbons (Fsp3) is 0.545. The van der Waals surface area contributed by atoms with Crippen molar-refractivity contribution < 1.29 is 12.6 Å². The van der Waals surface area contributed by atoms with E-state index < -0.39 is 19.8 Å². The first-order chi connectivity index (χ1) is 8.82. The van der Waals surface area contributed by atoms with Crippen LogP contribution < -0.4 is 4.90 Å². The summed E-state index contributed by atoms with van der Waals surface area (Å²) in [5, 5.41) is 0. The second kappa shape index (κ2) is 5.09. The van der Waals surface area contributed by atoms with Crippen LogP contribution in [0.2, 0.25) is 0 Å². The molecular weight excluding hydrogens is 286 g/mol. The van der Waals surface area contributed by atoms with E-state index in [-0.39, 0.29) is 4.90 Å². The summed E-state index contributed by atoms with van der Waals surface area (Å²) in [5.41, 5.74) is 0. The topological polar surface area (TPSA) is 79.7 Å². The minimum atomic E-state index is -3.88. The van der Waals surface area contributed by atoms with E-state index in [1.165, 1.54) is 12.3 Å². The number of sulfonamides is 1. The summed E-state index contributed by atoms with van der Waals surface area (Å²) >= 11 is 0. The van der Waals surface area contributed by atoms with Gasteiger partial charge in [0.05, 0.1) is 9.73 Å². The molecule has 106 valence electrons. The summed E-state index contributed by atoms with van der Waals surface area (Å²) in [5.74, 6) is 1.40. The molecule has 0 spiro atoms. The Morgan fingerprint density at radius 1 is 1.26 bits per heavy atom. The Labute approximate surface area is 114 Å². The second-order valence-corrected chi connectivity index (χ2v) is 9.06. The van der Waals surface area contributed by atoms with Gasteiger partial charge < -0.3 is 4.90 Å². The number of rotatable bonds is 3. The number of pyridine rings is 1. The fourth-order valence-electron chi connectivity index (χ4n) is 1.84. The van der Waals surface area contributed by atoms with E-state index in [0.717, 1.165) is 12.8 Å². The van der Waals surface area contributed by atoms with E-state index in [9.17, 15) is 12.6 Å². The van der Waals surface area contributed by atoms with Gasteiger partial charge in [0.15, 0.2) is 0 Å². The van der Waals surface area contributed by atoms with Crippen molar-refractivity contribution in [1.29, 1.82) is 0 Å². The molecule has 0 radical (unpaired) electrons. The molecule has 0 aliphatic carbocycles. The zero-order valence-electron chi connectivity index (χ0n) is 10.9. The molecule has 1 saturated heterocycles. The van der Waals surface area contributed by atoms with Gasteiger partial charge in [-0.3, -0.25) is 0 Å². The Morgan fingerprint density at radius 2 is 1.89 bits per heavy atom. The minimum Gasteiger partial charge on any atom is -0.363 e. The average molecular weight is 303 g/mol. The average Bonchev–Trinajstić information content (AvgIpc) is 2.75. The van der Waals surface area contributed by atoms with E-state index in [1.54, 1.807) is 11.0 Å². The summed E-state index contributed by atoms with van der Waals surface area (Å²) < 4.78 is 40.0. The molecule has 2 heterocycles. The van der Waals surface area contributed by atoms with Gasteiger partial charge in [0.1, 0.15) is 10.7 Å². The lowest BCUT2D eigenvalue weighted by atomic mass is 10.4. The van der Waals surface area contributed by atoms with Crippen molar-refractivity contribution in [3.8, 4) is 0 Å². The van der Waals surface area contributed by atoms with Crippen molar-refractivity contribution >= 4 is 25.6 Å². The maximum absolute atomic E-state index is 12.2. The van der Waals surface area contributed by atoms with E-state index in [2.05, 4.69) is 8.75 Å². The third-order valence-electron chi connectivity index (χ3n) is 2.89. The highest BCUT2D eigenvalue weighted by Crippen LogP contribution is 2.20. The first kappa shape index (κ1) is 14.3. The SMILES string of the molecule is CN(C)c1ccc(S(=O)(=O)N=S2(=O)CCCC2)cn1. The van der Waals surface area contributed by atoms with Gasteiger partial charge in [-0.1, -0.05) is 0 Å². The molecule has 1 fully saturated rings. The van der Waals surface area contributed by atoms with Crippen molar-refractivity contribution in [2.24, 2.45) is 3.77 Å². The maximum atomic E-state index is 12.2. The molecule has 1 aromatic heterocycles. The molecule has 0 N–H and O–H groups in total. The molecule has 0 bridgehead atoms. The summed E-state index contributed by atoms with van der Waals surface area (Å²) in [6.07, 6.45) is 2.80. The number of anilines is 1. The molecule has 0 unspecified atom stereocenters. The third-order valence-corrected chi connectivity index (χ3v) is 7.45. The lowest BCUT2D eigenvalue weighted by Gasteiger charge is -2.10. The van der Waals surface area contributed by atoms with Crippen molar-refractivity contribution in [2.45, 2.75) is 17.7 Å². The van der Waals surface area contributed by atoms with Gasteiger partial charge in [-0.15, -0.1) is 3.77 Å². The van der Waals surface area contributed by atoms with Crippen molar-refractivity contribution in [1.82, 2.24) is 4.98 Å². The van der Waals surface area contributed by atoms with Crippen LogP contribution in [0.5, 0.6) is 0 Å². The Hall–Kier alpha value is -1.15. The molecule has 6 nitrogen and oxygen atoms in total. The van der Waals surface area contributed by atoms with Gasteiger partial charge in [-0.2, -0.15) is 8.42 Å². The van der Waals surface area contributed by atoms with Crippen molar-refractivity contribution in [3.05, 3.63) is 18.3 Å². The molecule has 1 aliphatic heterocycles. The molecule has 8 heteroatoms. The van der Waals surface area contributed by atoms with Crippen LogP contribution in [-0.2, 0) is 19.8 Å². The van der Waals surface area contributed by atoms with E-state index in [0.29, 0.717) is 17.3 Å². The van der Waals surface area contributed by atoms with Crippen molar-refractivity contribution in [3.63, 3.8) is 0 Å². The Balaban J connectivity index is 2.38. The van der Waals surface area contributed by atoms with Crippen LogP contribution in [0.4, 0.5) is 5.82 Å². The smallest absolute Gasteiger partial charge is 0.291 e. The van der Waals surface area contributed by atoms with Gasteiger partial charge in [0.2, 0.25) is 0 Å². The Bertz CT molecular complexity index is 660. The lowest BCUT2D eigenvalue weighted by Crippen LogP contribution is -2.11. The van der Waals surface area contributed by atoms with E-state index in [1.807, 2.05) is 14.1 Å². The molecule has 0 amide bonds. The third kappa shape index (κ3) is 3.24. The summed E-state index contributed by atoms with van der Waals surface area (Å²) in [6, 6.07) is 3.04. The van der Waals surface area contributed by atoms with Gasteiger partial charge in [-0.25, -0.2) is 9.19 Å². The molecule has 0 aromatic carbocycles. The van der Waals surface area contributed by atoms with Crippen LogP contribution in [0.3, 0.4) is 0 Å². The van der Waals surface area contributed by atoms with Crippen LogP contribution in [0.15, 0.2) is 27.0 Å². The summed E-state index contributed by atoms with van der Waals surface area (Å²) in [4.78, 5) is 5.80. The molecule has 0 atom stereocenters. The quantitative estimate of drug-likeness (QED) is 0.835. The minimum absolute atomic E-state index is 0.00674. The first-order valence-electron chi connectivity index (χ1n) is 5.95. The highest BCUT2D eigenvalue weighted by atomic mass is 32.3. The second-order valence-electron chi connectivity index (χ2n) is 4.68.